The molecule has 1 aliphatic rings. The van der Waals surface area contributed by atoms with Gasteiger partial charge in [-0.25, -0.2) is 0 Å². The molecule has 0 spiro atoms. The van der Waals surface area contributed by atoms with Crippen LogP contribution in [0, 0.1) is 5.92 Å². The number of rotatable bonds is 9. The summed E-state index contributed by atoms with van der Waals surface area (Å²) in [7, 11) is 4.56. The Balaban J connectivity index is 2.53. The quantitative estimate of drug-likeness (QED) is 0.702. The zero-order chi connectivity index (χ0) is 15.0. The highest BCUT2D eigenvalue weighted by molar-refractivity contribution is 4.84. The van der Waals surface area contributed by atoms with Crippen molar-refractivity contribution in [3.8, 4) is 0 Å². The van der Waals surface area contributed by atoms with Gasteiger partial charge in [-0.1, -0.05) is 33.6 Å². The van der Waals surface area contributed by atoms with Gasteiger partial charge in [0.25, 0.3) is 0 Å². The zero-order valence-electron chi connectivity index (χ0n) is 14.5. The second-order valence-corrected chi connectivity index (χ2v) is 6.70. The first-order valence-electron chi connectivity index (χ1n) is 8.72. The van der Waals surface area contributed by atoms with Crippen LogP contribution >= 0.6 is 0 Å². The molecule has 1 heterocycles. The lowest BCUT2D eigenvalue weighted by molar-refractivity contribution is 0.0980. The van der Waals surface area contributed by atoms with E-state index in [2.05, 4.69) is 50.0 Å². The molecule has 20 heavy (non-hydrogen) atoms. The first-order valence-corrected chi connectivity index (χ1v) is 8.72. The van der Waals surface area contributed by atoms with Gasteiger partial charge in [0.2, 0.25) is 0 Å². The lowest BCUT2D eigenvalue weighted by atomic mass is 9.90. The van der Waals surface area contributed by atoms with Crippen molar-refractivity contribution in [3.63, 3.8) is 0 Å². The van der Waals surface area contributed by atoms with Crippen molar-refractivity contribution in [1.82, 2.24) is 15.1 Å². The highest BCUT2D eigenvalue weighted by Crippen LogP contribution is 2.20. The summed E-state index contributed by atoms with van der Waals surface area (Å²) in [5.41, 5.74) is 0. The summed E-state index contributed by atoms with van der Waals surface area (Å²) in [6.45, 7) is 11.8. The Bertz CT molecular complexity index is 240. The van der Waals surface area contributed by atoms with Gasteiger partial charge in [0.1, 0.15) is 0 Å². The van der Waals surface area contributed by atoms with E-state index in [0.29, 0.717) is 6.04 Å². The fourth-order valence-corrected chi connectivity index (χ4v) is 3.32. The third-order valence-electron chi connectivity index (χ3n) is 4.99. The number of nitrogens with zero attached hydrogens (tertiary/aromatic N) is 2. The number of nitrogens with one attached hydrogen (secondary N) is 1. The summed E-state index contributed by atoms with van der Waals surface area (Å²) in [5.74, 6) is 0.885. The molecule has 0 saturated carbocycles. The predicted octanol–water partition coefficient (Wildman–Crippen LogP) is 2.82. The standard InChI is InChI=1S/C17H37N3/c1-6-9-18-16(12-15(7-2)8-3)13-17-14-19(4)10-11-20(17)5/h15-18H,6-14H2,1-5H3. The monoisotopic (exact) mass is 283 g/mol. The van der Waals surface area contributed by atoms with E-state index >= 15 is 0 Å². The van der Waals surface area contributed by atoms with Crippen molar-refractivity contribution in [2.45, 2.75) is 65.0 Å². The lowest BCUT2D eigenvalue weighted by Gasteiger charge is -2.40. The predicted molar refractivity (Wildman–Crippen MR) is 89.3 cm³/mol. The van der Waals surface area contributed by atoms with Crippen molar-refractivity contribution in [1.29, 1.82) is 0 Å². The molecule has 0 aromatic heterocycles. The average molecular weight is 284 g/mol. The van der Waals surface area contributed by atoms with Crippen LogP contribution in [0.1, 0.15) is 52.9 Å². The Morgan fingerprint density at radius 3 is 2.40 bits per heavy atom. The molecule has 2 atom stereocenters. The summed E-state index contributed by atoms with van der Waals surface area (Å²) in [5, 5.41) is 3.81. The van der Waals surface area contributed by atoms with E-state index in [-0.39, 0.29) is 0 Å². The van der Waals surface area contributed by atoms with Crippen LogP contribution in [-0.2, 0) is 0 Å². The van der Waals surface area contributed by atoms with E-state index in [1.54, 1.807) is 0 Å². The fraction of sp³-hybridized carbons (Fsp3) is 1.00. The topological polar surface area (TPSA) is 18.5 Å². The van der Waals surface area contributed by atoms with Gasteiger partial charge in [-0.3, -0.25) is 0 Å². The van der Waals surface area contributed by atoms with Crippen LogP contribution in [0.5, 0.6) is 0 Å². The molecule has 1 saturated heterocycles. The molecule has 0 aromatic rings. The first-order chi connectivity index (χ1) is 9.60. The van der Waals surface area contributed by atoms with Gasteiger partial charge in [-0.05, 0) is 45.8 Å². The van der Waals surface area contributed by atoms with Crippen LogP contribution in [0.3, 0.4) is 0 Å². The first kappa shape index (κ1) is 17.9. The molecule has 0 aromatic carbocycles. The third-order valence-corrected chi connectivity index (χ3v) is 4.99. The van der Waals surface area contributed by atoms with Crippen molar-refractivity contribution < 1.29 is 0 Å². The Kier molecular flexibility index (Phi) is 8.74. The minimum atomic E-state index is 0.693. The third kappa shape index (κ3) is 6.11. The van der Waals surface area contributed by atoms with Gasteiger partial charge >= 0.3 is 0 Å². The van der Waals surface area contributed by atoms with E-state index in [4.69, 9.17) is 0 Å². The molecule has 2 unspecified atom stereocenters. The molecule has 3 heteroatoms. The number of hydrogen-bond donors (Lipinski definition) is 1. The van der Waals surface area contributed by atoms with Gasteiger partial charge in [-0.15, -0.1) is 0 Å². The number of hydrogen-bond acceptors (Lipinski definition) is 3. The highest BCUT2D eigenvalue weighted by atomic mass is 15.3. The summed E-state index contributed by atoms with van der Waals surface area (Å²) >= 11 is 0. The molecule has 1 aliphatic heterocycles. The average Bonchev–Trinajstić information content (AvgIpc) is 2.45. The van der Waals surface area contributed by atoms with Gasteiger partial charge in [0, 0.05) is 31.7 Å². The van der Waals surface area contributed by atoms with Crippen LogP contribution in [0.4, 0.5) is 0 Å². The summed E-state index contributed by atoms with van der Waals surface area (Å²) in [6.07, 6.45) is 6.53. The Morgan fingerprint density at radius 2 is 1.80 bits per heavy atom. The van der Waals surface area contributed by atoms with E-state index in [1.807, 2.05) is 0 Å². The van der Waals surface area contributed by atoms with Crippen LogP contribution in [0.25, 0.3) is 0 Å². The van der Waals surface area contributed by atoms with E-state index < -0.39 is 0 Å². The van der Waals surface area contributed by atoms with Gasteiger partial charge in [-0.2, -0.15) is 0 Å². The number of piperazine rings is 1. The van der Waals surface area contributed by atoms with Crippen LogP contribution in [0.15, 0.2) is 0 Å². The Morgan fingerprint density at radius 1 is 1.10 bits per heavy atom. The molecule has 1 N–H and O–H groups in total. The molecule has 1 rings (SSSR count). The smallest absolute Gasteiger partial charge is 0.0235 e. The van der Waals surface area contributed by atoms with Gasteiger partial charge in [0.05, 0.1) is 0 Å². The summed E-state index contributed by atoms with van der Waals surface area (Å²) in [4.78, 5) is 5.05. The second-order valence-electron chi connectivity index (χ2n) is 6.70. The zero-order valence-corrected chi connectivity index (χ0v) is 14.5. The minimum Gasteiger partial charge on any atom is -0.314 e. The fourth-order valence-electron chi connectivity index (χ4n) is 3.32. The molecule has 0 amide bonds. The van der Waals surface area contributed by atoms with Crippen molar-refractivity contribution in [3.05, 3.63) is 0 Å². The minimum absolute atomic E-state index is 0.693. The van der Waals surface area contributed by atoms with E-state index in [0.717, 1.165) is 18.5 Å². The van der Waals surface area contributed by atoms with Crippen LogP contribution in [0.2, 0.25) is 0 Å². The second kappa shape index (κ2) is 9.75. The maximum atomic E-state index is 3.81. The summed E-state index contributed by atoms with van der Waals surface area (Å²) in [6, 6.07) is 1.41. The van der Waals surface area contributed by atoms with Crippen molar-refractivity contribution >= 4 is 0 Å². The maximum Gasteiger partial charge on any atom is 0.0235 e. The largest absolute Gasteiger partial charge is 0.314 e. The Hall–Kier alpha value is -0.120. The van der Waals surface area contributed by atoms with E-state index in [9.17, 15) is 0 Å². The normalized spacial score (nSPS) is 23.4. The van der Waals surface area contributed by atoms with Crippen LogP contribution in [-0.4, -0.2) is 62.2 Å². The summed E-state index contributed by atoms with van der Waals surface area (Å²) < 4.78 is 0. The molecular weight excluding hydrogens is 246 g/mol. The highest BCUT2D eigenvalue weighted by Gasteiger charge is 2.25. The molecule has 1 fully saturated rings. The molecular formula is C17H37N3. The Labute approximate surface area is 127 Å². The molecule has 120 valence electrons. The molecule has 0 bridgehead atoms. The molecule has 0 radical (unpaired) electrons. The van der Waals surface area contributed by atoms with E-state index in [1.165, 1.54) is 51.7 Å². The molecule has 3 nitrogen and oxygen atoms in total. The van der Waals surface area contributed by atoms with Crippen molar-refractivity contribution in [2.24, 2.45) is 5.92 Å². The SMILES string of the molecule is CCCNC(CC(CC)CC)CC1CN(C)CCN1C. The van der Waals surface area contributed by atoms with Gasteiger partial charge < -0.3 is 15.1 Å². The number of likely N-dealkylation sites (N-methyl/N-ethyl adjacent to an activating group) is 2. The molecule has 0 aliphatic carbocycles. The van der Waals surface area contributed by atoms with Crippen LogP contribution < -0.4 is 5.32 Å². The maximum absolute atomic E-state index is 3.81. The van der Waals surface area contributed by atoms with Crippen molar-refractivity contribution in [2.75, 3.05) is 40.3 Å². The van der Waals surface area contributed by atoms with Gasteiger partial charge in [0.15, 0.2) is 0 Å². The lowest BCUT2D eigenvalue weighted by Crippen LogP contribution is -2.52.